The zero-order valence-electron chi connectivity index (χ0n) is 21.1. The number of hydrogen-bond acceptors (Lipinski definition) is 6. The Hall–Kier alpha value is -4.72. The van der Waals surface area contributed by atoms with Crippen molar-refractivity contribution in [3.8, 4) is 17.2 Å². The number of amides is 1. The number of H-pyrrole nitrogens is 1. The molecule has 0 saturated heterocycles. The first-order chi connectivity index (χ1) is 18.4. The molecule has 1 aromatic heterocycles. The highest BCUT2D eigenvalue weighted by atomic mass is 16.5. The average molecular weight is 513 g/mol. The Balaban J connectivity index is 1.50. The number of phenolic OH excluding ortho intramolecular Hbond substituents is 1. The molecule has 0 radical (unpaired) electrons. The number of aliphatic hydroxyl groups excluding tert-OH is 1. The lowest BCUT2D eigenvalue weighted by molar-refractivity contribution is -0.129. The van der Waals surface area contributed by atoms with Gasteiger partial charge in [0.05, 0.1) is 25.8 Å². The van der Waals surface area contributed by atoms with Crippen molar-refractivity contribution >= 4 is 22.6 Å². The predicted molar refractivity (Wildman–Crippen MR) is 142 cm³/mol. The van der Waals surface area contributed by atoms with E-state index in [2.05, 4.69) is 4.98 Å². The van der Waals surface area contributed by atoms with Crippen LogP contribution in [0.25, 0.3) is 10.9 Å². The van der Waals surface area contributed by atoms with Gasteiger partial charge in [0.2, 0.25) is 0 Å². The third-order valence-corrected chi connectivity index (χ3v) is 6.93. The van der Waals surface area contributed by atoms with Gasteiger partial charge in [-0.2, -0.15) is 0 Å². The van der Waals surface area contributed by atoms with Gasteiger partial charge in [0.15, 0.2) is 23.0 Å². The molecule has 1 atom stereocenters. The van der Waals surface area contributed by atoms with Gasteiger partial charge in [0.1, 0.15) is 5.75 Å². The summed E-state index contributed by atoms with van der Waals surface area (Å²) < 4.78 is 10.6. The number of methoxy groups -OCH3 is 2. The number of nitrogens with one attached hydrogen (secondary N) is 1. The van der Waals surface area contributed by atoms with E-state index in [-0.39, 0.29) is 35.8 Å². The van der Waals surface area contributed by atoms with Gasteiger partial charge in [-0.05, 0) is 53.4 Å². The number of aliphatic hydroxyl groups is 1. The van der Waals surface area contributed by atoms with E-state index < -0.39 is 17.7 Å². The van der Waals surface area contributed by atoms with E-state index in [4.69, 9.17) is 9.47 Å². The van der Waals surface area contributed by atoms with Crippen molar-refractivity contribution in [3.05, 3.63) is 101 Å². The van der Waals surface area contributed by atoms with Crippen LogP contribution in [0.5, 0.6) is 17.2 Å². The number of carbonyl (C=O) groups excluding carboxylic acids is 2. The SMILES string of the molecule is COc1ccc2[nH]cc(CCN3C(=O)C(O)=C(C(=O)Cc4ccccc4)[C@@H]3c3ccc(O)c(OC)c3)c2c1. The molecular formula is C30H28N2O6. The number of phenols is 1. The highest BCUT2D eigenvalue weighted by Gasteiger charge is 2.43. The molecule has 38 heavy (non-hydrogen) atoms. The van der Waals surface area contributed by atoms with E-state index in [1.165, 1.54) is 18.1 Å². The number of benzene rings is 3. The predicted octanol–water partition coefficient (Wildman–Crippen LogP) is 4.64. The number of ketones is 1. The second kappa shape index (κ2) is 10.3. The normalized spacial score (nSPS) is 15.4. The number of rotatable bonds is 9. The van der Waals surface area contributed by atoms with Gasteiger partial charge in [0, 0.05) is 30.1 Å². The molecule has 1 amide bonds. The van der Waals surface area contributed by atoms with E-state index in [0.717, 1.165) is 27.8 Å². The highest BCUT2D eigenvalue weighted by molar-refractivity contribution is 6.09. The summed E-state index contributed by atoms with van der Waals surface area (Å²) in [6.07, 6.45) is 2.39. The molecule has 3 aromatic carbocycles. The zero-order chi connectivity index (χ0) is 26.8. The first kappa shape index (κ1) is 25.0. The molecule has 0 unspecified atom stereocenters. The standard InChI is InChI=1S/C30H28N2O6/c1-37-21-9-10-23-22(16-21)20(17-31-23)12-13-32-28(19-8-11-24(33)26(15-19)38-2)27(29(35)30(32)36)25(34)14-18-6-4-3-5-7-18/h3-11,15-17,28,31,33,35H,12-14H2,1-2H3/t28-/m0/s1. The number of aromatic hydroxyl groups is 1. The monoisotopic (exact) mass is 512 g/mol. The molecule has 1 aliphatic rings. The Kier molecular flexibility index (Phi) is 6.79. The first-order valence-corrected chi connectivity index (χ1v) is 12.2. The van der Waals surface area contributed by atoms with Crippen molar-refractivity contribution in [2.45, 2.75) is 18.9 Å². The van der Waals surface area contributed by atoms with Crippen molar-refractivity contribution in [2.75, 3.05) is 20.8 Å². The Labute approximate surface area is 219 Å². The molecule has 4 aromatic rings. The van der Waals surface area contributed by atoms with Gasteiger partial charge in [-0.3, -0.25) is 9.59 Å². The zero-order valence-corrected chi connectivity index (χ0v) is 21.1. The number of Topliss-reactive ketones (excluding diaryl/α,β-unsaturated/α-hetero) is 1. The summed E-state index contributed by atoms with van der Waals surface area (Å²) in [5.41, 5.74) is 3.27. The molecule has 0 fully saturated rings. The molecule has 8 nitrogen and oxygen atoms in total. The van der Waals surface area contributed by atoms with Crippen LogP contribution in [-0.4, -0.2) is 52.6 Å². The van der Waals surface area contributed by atoms with Crippen molar-refractivity contribution in [3.63, 3.8) is 0 Å². The van der Waals surface area contributed by atoms with Crippen LogP contribution in [0.15, 0.2) is 84.3 Å². The lowest BCUT2D eigenvalue weighted by Gasteiger charge is -2.27. The van der Waals surface area contributed by atoms with Crippen LogP contribution in [-0.2, 0) is 22.4 Å². The van der Waals surface area contributed by atoms with Crippen molar-refractivity contribution in [2.24, 2.45) is 0 Å². The quantitative estimate of drug-likeness (QED) is 0.301. The Morgan fingerprint density at radius 3 is 2.53 bits per heavy atom. The van der Waals surface area contributed by atoms with Crippen LogP contribution in [0.4, 0.5) is 0 Å². The van der Waals surface area contributed by atoms with E-state index in [9.17, 15) is 19.8 Å². The van der Waals surface area contributed by atoms with Crippen LogP contribution in [0.2, 0.25) is 0 Å². The summed E-state index contributed by atoms with van der Waals surface area (Å²) in [7, 11) is 3.03. The second-order valence-electron chi connectivity index (χ2n) is 9.16. The summed E-state index contributed by atoms with van der Waals surface area (Å²) in [6, 6.07) is 18.7. The minimum Gasteiger partial charge on any atom is -0.504 e. The maximum Gasteiger partial charge on any atom is 0.290 e. The number of nitrogens with zero attached hydrogens (tertiary/aromatic N) is 1. The highest BCUT2D eigenvalue weighted by Crippen LogP contribution is 2.41. The number of carbonyl (C=O) groups is 2. The molecule has 194 valence electrons. The molecule has 5 rings (SSSR count). The van der Waals surface area contributed by atoms with Crippen molar-refractivity contribution in [1.82, 2.24) is 9.88 Å². The van der Waals surface area contributed by atoms with Crippen LogP contribution < -0.4 is 9.47 Å². The Morgan fingerprint density at radius 1 is 1.00 bits per heavy atom. The number of aromatic nitrogens is 1. The molecule has 0 saturated carbocycles. The van der Waals surface area contributed by atoms with Gasteiger partial charge in [-0.25, -0.2) is 0 Å². The van der Waals surface area contributed by atoms with Gasteiger partial charge < -0.3 is 29.6 Å². The van der Waals surface area contributed by atoms with Gasteiger partial charge in [-0.1, -0.05) is 36.4 Å². The largest absolute Gasteiger partial charge is 0.504 e. The topological polar surface area (TPSA) is 112 Å². The van der Waals surface area contributed by atoms with Crippen LogP contribution in [0, 0.1) is 0 Å². The first-order valence-electron chi connectivity index (χ1n) is 12.2. The number of ether oxygens (including phenoxy) is 2. The lowest BCUT2D eigenvalue weighted by Crippen LogP contribution is -2.33. The summed E-state index contributed by atoms with van der Waals surface area (Å²) >= 11 is 0. The van der Waals surface area contributed by atoms with Crippen LogP contribution >= 0.6 is 0 Å². The maximum atomic E-state index is 13.5. The molecule has 0 spiro atoms. The summed E-state index contributed by atoms with van der Waals surface area (Å²) in [5, 5.41) is 22.1. The molecule has 2 heterocycles. The van der Waals surface area contributed by atoms with E-state index in [1.807, 2.05) is 54.7 Å². The third-order valence-electron chi connectivity index (χ3n) is 6.93. The number of hydrogen-bond donors (Lipinski definition) is 3. The lowest BCUT2D eigenvalue weighted by atomic mass is 9.92. The van der Waals surface area contributed by atoms with Crippen LogP contribution in [0.3, 0.4) is 0 Å². The van der Waals surface area contributed by atoms with Crippen molar-refractivity contribution in [1.29, 1.82) is 0 Å². The maximum absolute atomic E-state index is 13.5. The molecule has 0 aliphatic carbocycles. The smallest absolute Gasteiger partial charge is 0.290 e. The van der Waals surface area contributed by atoms with E-state index >= 15 is 0 Å². The van der Waals surface area contributed by atoms with E-state index in [0.29, 0.717) is 12.0 Å². The fraction of sp³-hybridized carbons (Fsp3) is 0.200. The fourth-order valence-corrected chi connectivity index (χ4v) is 4.99. The van der Waals surface area contributed by atoms with Gasteiger partial charge in [-0.15, -0.1) is 0 Å². The van der Waals surface area contributed by atoms with Crippen molar-refractivity contribution < 1.29 is 29.3 Å². The average Bonchev–Trinajstić information content (AvgIpc) is 3.45. The van der Waals surface area contributed by atoms with Gasteiger partial charge in [0.25, 0.3) is 5.91 Å². The second-order valence-corrected chi connectivity index (χ2v) is 9.16. The number of fused-ring (bicyclic) bond motifs is 1. The molecule has 3 N–H and O–H groups in total. The Bertz CT molecular complexity index is 1540. The number of aromatic amines is 1. The summed E-state index contributed by atoms with van der Waals surface area (Å²) in [6.45, 7) is 0.239. The summed E-state index contributed by atoms with van der Waals surface area (Å²) in [4.78, 5) is 31.6. The molecule has 8 heteroatoms. The molecule has 1 aliphatic heterocycles. The fourth-order valence-electron chi connectivity index (χ4n) is 4.99. The third kappa shape index (κ3) is 4.56. The minimum atomic E-state index is -0.840. The molecular weight excluding hydrogens is 484 g/mol. The molecule has 0 bridgehead atoms. The van der Waals surface area contributed by atoms with Gasteiger partial charge >= 0.3 is 0 Å². The Morgan fingerprint density at radius 2 is 1.79 bits per heavy atom. The van der Waals surface area contributed by atoms with Crippen LogP contribution in [0.1, 0.15) is 22.7 Å². The minimum absolute atomic E-state index is 0.0344. The van der Waals surface area contributed by atoms with E-state index in [1.54, 1.807) is 19.2 Å². The summed E-state index contributed by atoms with van der Waals surface area (Å²) in [5.74, 6) is -0.652.